The first kappa shape index (κ1) is 17.0. The van der Waals surface area contributed by atoms with E-state index >= 15 is 0 Å². The summed E-state index contributed by atoms with van der Waals surface area (Å²) in [4.78, 5) is 25.3. The Balaban J connectivity index is 2.38. The van der Waals surface area contributed by atoms with Gasteiger partial charge in [-0.2, -0.15) is 0 Å². The molecule has 0 heterocycles. The summed E-state index contributed by atoms with van der Waals surface area (Å²) in [6, 6.07) is 0.309. The van der Waals surface area contributed by atoms with Crippen LogP contribution in [-0.4, -0.2) is 35.8 Å². The van der Waals surface area contributed by atoms with Crippen LogP contribution >= 0.6 is 0 Å². The molecule has 1 aliphatic carbocycles. The number of rotatable bonds is 6. The largest absolute Gasteiger partial charge is 0.352 e. The molecule has 0 radical (unpaired) electrons. The fraction of sp³-hybridized carbons (Fsp3) is 0.875. The minimum Gasteiger partial charge on any atom is -0.352 e. The highest BCUT2D eigenvalue weighted by Gasteiger charge is 2.18. The Bertz CT molecular complexity index is 308. The lowest BCUT2D eigenvalue weighted by atomic mass is 10.1. The highest BCUT2D eigenvalue weighted by atomic mass is 16.2. The third-order valence-corrected chi connectivity index (χ3v) is 3.98. The topological polar surface area (TPSA) is 49.4 Å². The van der Waals surface area contributed by atoms with Crippen LogP contribution < -0.4 is 5.32 Å². The van der Waals surface area contributed by atoms with Gasteiger partial charge < -0.3 is 10.2 Å². The summed E-state index contributed by atoms with van der Waals surface area (Å²) in [6.45, 7) is 6.68. The molecule has 20 heavy (non-hydrogen) atoms. The van der Waals surface area contributed by atoms with Gasteiger partial charge in [0.15, 0.2) is 0 Å². The average molecular weight is 282 g/mol. The summed E-state index contributed by atoms with van der Waals surface area (Å²) < 4.78 is 0. The van der Waals surface area contributed by atoms with E-state index in [4.69, 9.17) is 0 Å². The van der Waals surface area contributed by atoms with Crippen molar-refractivity contribution in [2.75, 3.05) is 13.1 Å². The molecule has 1 aliphatic rings. The van der Waals surface area contributed by atoms with Gasteiger partial charge in [-0.25, -0.2) is 0 Å². The van der Waals surface area contributed by atoms with E-state index in [2.05, 4.69) is 19.2 Å². The molecule has 0 aromatic carbocycles. The van der Waals surface area contributed by atoms with Crippen molar-refractivity contribution in [1.29, 1.82) is 0 Å². The zero-order chi connectivity index (χ0) is 15.0. The number of nitrogens with one attached hydrogen (secondary N) is 1. The molecule has 1 fully saturated rings. The molecule has 4 nitrogen and oxygen atoms in total. The molecule has 1 saturated carbocycles. The Morgan fingerprint density at radius 3 is 2.25 bits per heavy atom. The number of hydrogen-bond acceptors (Lipinski definition) is 2. The van der Waals surface area contributed by atoms with Crippen LogP contribution in [0.5, 0.6) is 0 Å². The smallest absolute Gasteiger partial charge is 0.239 e. The second-order valence-electron chi connectivity index (χ2n) is 6.38. The lowest BCUT2D eigenvalue weighted by molar-refractivity contribution is -0.134. The van der Waals surface area contributed by atoms with Crippen LogP contribution in [0, 0.1) is 5.92 Å². The van der Waals surface area contributed by atoms with Gasteiger partial charge >= 0.3 is 0 Å². The van der Waals surface area contributed by atoms with E-state index in [1.807, 2.05) is 0 Å². The fourth-order valence-corrected chi connectivity index (χ4v) is 2.63. The zero-order valence-corrected chi connectivity index (χ0v) is 13.3. The van der Waals surface area contributed by atoms with Crippen molar-refractivity contribution in [3.05, 3.63) is 0 Å². The van der Waals surface area contributed by atoms with Gasteiger partial charge in [-0.3, -0.25) is 9.59 Å². The van der Waals surface area contributed by atoms with Gasteiger partial charge in [0.25, 0.3) is 0 Å². The molecule has 116 valence electrons. The molecule has 0 saturated heterocycles. The summed E-state index contributed by atoms with van der Waals surface area (Å²) in [5, 5.41) is 3.10. The molecule has 0 unspecified atom stereocenters. The summed E-state index contributed by atoms with van der Waals surface area (Å²) in [5.74, 6) is 0.527. The minimum atomic E-state index is -0.0123. The van der Waals surface area contributed by atoms with Crippen LogP contribution in [-0.2, 0) is 9.59 Å². The average Bonchev–Trinajstić information content (AvgIpc) is 2.62. The molecular formula is C16H30N2O2. The first-order chi connectivity index (χ1) is 9.49. The van der Waals surface area contributed by atoms with Crippen LogP contribution in [0.4, 0.5) is 0 Å². The molecule has 0 aromatic rings. The van der Waals surface area contributed by atoms with Crippen LogP contribution in [0.1, 0.15) is 65.7 Å². The SMILES string of the molecule is CC(=O)N(CCC(C)C)CC(=O)NC1CCCCCC1. The lowest BCUT2D eigenvalue weighted by Gasteiger charge is -2.23. The standard InChI is InChI=1S/C16H30N2O2/c1-13(2)10-11-18(14(3)19)12-16(20)17-15-8-6-4-5-7-9-15/h13,15H,4-12H2,1-3H3,(H,17,20). The first-order valence-electron chi connectivity index (χ1n) is 8.04. The summed E-state index contributed by atoms with van der Waals surface area (Å²) in [5.41, 5.74) is 0. The predicted molar refractivity (Wildman–Crippen MR) is 81.3 cm³/mol. The van der Waals surface area contributed by atoms with E-state index in [1.165, 1.54) is 25.7 Å². The molecular weight excluding hydrogens is 252 g/mol. The van der Waals surface area contributed by atoms with E-state index in [-0.39, 0.29) is 18.4 Å². The molecule has 0 spiro atoms. The molecule has 1 rings (SSSR count). The van der Waals surface area contributed by atoms with E-state index in [0.29, 0.717) is 18.5 Å². The maximum atomic E-state index is 12.1. The highest BCUT2D eigenvalue weighted by Crippen LogP contribution is 2.17. The van der Waals surface area contributed by atoms with Gasteiger partial charge in [0.05, 0.1) is 6.54 Å². The molecule has 4 heteroatoms. The van der Waals surface area contributed by atoms with Crippen molar-refractivity contribution in [2.24, 2.45) is 5.92 Å². The van der Waals surface area contributed by atoms with Crippen LogP contribution in [0.25, 0.3) is 0 Å². The third kappa shape index (κ3) is 6.92. The van der Waals surface area contributed by atoms with Crippen molar-refractivity contribution in [3.63, 3.8) is 0 Å². The van der Waals surface area contributed by atoms with Crippen LogP contribution in [0.2, 0.25) is 0 Å². The lowest BCUT2D eigenvalue weighted by Crippen LogP contribution is -2.44. The Morgan fingerprint density at radius 2 is 1.75 bits per heavy atom. The normalized spacial score (nSPS) is 16.8. The number of amides is 2. The molecule has 0 aliphatic heterocycles. The van der Waals surface area contributed by atoms with Crippen molar-refractivity contribution in [3.8, 4) is 0 Å². The van der Waals surface area contributed by atoms with Gasteiger partial charge in [0.2, 0.25) is 11.8 Å². The summed E-state index contributed by atoms with van der Waals surface area (Å²) in [7, 11) is 0. The molecule has 1 N–H and O–H groups in total. The maximum absolute atomic E-state index is 12.1. The number of nitrogens with zero attached hydrogens (tertiary/aromatic N) is 1. The van der Waals surface area contributed by atoms with Crippen molar-refractivity contribution in [2.45, 2.75) is 71.8 Å². The quantitative estimate of drug-likeness (QED) is 0.762. The Labute approximate surface area is 123 Å². The second kappa shape index (κ2) is 8.98. The highest BCUT2D eigenvalue weighted by molar-refractivity contribution is 5.83. The van der Waals surface area contributed by atoms with E-state index in [9.17, 15) is 9.59 Å². The van der Waals surface area contributed by atoms with Gasteiger partial charge in [0.1, 0.15) is 0 Å². The third-order valence-electron chi connectivity index (χ3n) is 3.98. The van der Waals surface area contributed by atoms with E-state index < -0.39 is 0 Å². The molecule has 0 atom stereocenters. The summed E-state index contributed by atoms with van der Waals surface area (Å²) >= 11 is 0. The Kier molecular flexibility index (Phi) is 7.63. The maximum Gasteiger partial charge on any atom is 0.239 e. The van der Waals surface area contributed by atoms with E-state index in [0.717, 1.165) is 19.3 Å². The first-order valence-corrected chi connectivity index (χ1v) is 8.04. The van der Waals surface area contributed by atoms with Gasteiger partial charge in [-0.15, -0.1) is 0 Å². The molecule has 0 aromatic heterocycles. The van der Waals surface area contributed by atoms with Gasteiger partial charge in [-0.1, -0.05) is 39.5 Å². The predicted octanol–water partition coefficient (Wildman–Crippen LogP) is 2.72. The fourth-order valence-electron chi connectivity index (χ4n) is 2.63. The van der Waals surface area contributed by atoms with Crippen molar-refractivity contribution >= 4 is 11.8 Å². The Hall–Kier alpha value is -1.06. The monoisotopic (exact) mass is 282 g/mol. The van der Waals surface area contributed by atoms with Gasteiger partial charge in [0, 0.05) is 19.5 Å². The second-order valence-corrected chi connectivity index (χ2v) is 6.38. The number of carbonyl (C=O) groups is 2. The van der Waals surface area contributed by atoms with Crippen molar-refractivity contribution in [1.82, 2.24) is 10.2 Å². The minimum absolute atomic E-state index is 0.00384. The van der Waals surface area contributed by atoms with Gasteiger partial charge in [-0.05, 0) is 25.2 Å². The van der Waals surface area contributed by atoms with Crippen LogP contribution in [0.15, 0.2) is 0 Å². The van der Waals surface area contributed by atoms with E-state index in [1.54, 1.807) is 11.8 Å². The Morgan fingerprint density at radius 1 is 1.15 bits per heavy atom. The summed E-state index contributed by atoms with van der Waals surface area (Å²) in [6.07, 6.45) is 8.07. The molecule has 0 bridgehead atoms. The zero-order valence-electron chi connectivity index (χ0n) is 13.3. The van der Waals surface area contributed by atoms with Crippen LogP contribution in [0.3, 0.4) is 0 Å². The van der Waals surface area contributed by atoms with Crippen molar-refractivity contribution < 1.29 is 9.59 Å². The molecule has 2 amide bonds. The number of hydrogen-bond donors (Lipinski definition) is 1. The number of carbonyl (C=O) groups excluding carboxylic acids is 2.